The predicted molar refractivity (Wildman–Crippen MR) is 95.6 cm³/mol. The fourth-order valence-electron chi connectivity index (χ4n) is 3.81. The largest absolute Gasteiger partial charge is 0.335 e. The molecule has 0 saturated carbocycles. The number of carbonyl (C=O) groups excluding carboxylic acids is 1. The van der Waals surface area contributed by atoms with Crippen molar-refractivity contribution in [3.8, 4) is 0 Å². The molecule has 0 spiro atoms. The smallest absolute Gasteiger partial charge is 0.227 e. The van der Waals surface area contributed by atoms with Gasteiger partial charge in [-0.05, 0) is 35.8 Å². The normalized spacial score (nSPS) is 26.7. The summed E-state index contributed by atoms with van der Waals surface area (Å²) in [7, 11) is -3.02. The number of sulfone groups is 1. The first-order chi connectivity index (χ1) is 11.2. The average molecular weight is 349 g/mol. The molecule has 24 heavy (non-hydrogen) atoms. The maximum Gasteiger partial charge on any atom is 0.227 e. The Morgan fingerprint density at radius 3 is 2.33 bits per heavy atom. The lowest BCUT2D eigenvalue weighted by atomic mass is 9.86. The van der Waals surface area contributed by atoms with Crippen LogP contribution in [0.25, 0.3) is 0 Å². The van der Waals surface area contributed by atoms with Crippen LogP contribution in [0.2, 0.25) is 0 Å². The molecule has 0 radical (unpaired) electrons. The second kappa shape index (κ2) is 6.17. The Hall–Kier alpha value is -1.36. The summed E-state index contributed by atoms with van der Waals surface area (Å²) < 4.78 is 23.3. The second-order valence-corrected chi connectivity index (χ2v) is 10.4. The van der Waals surface area contributed by atoms with Crippen molar-refractivity contribution < 1.29 is 13.2 Å². The number of amides is 1. The van der Waals surface area contributed by atoms with Crippen molar-refractivity contribution >= 4 is 15.7 Å². The summed E-state index contributed by atoms with van der Waals surface area (Å²) >= 11 is 0. The highest BCUT2D eigenvalue weighted by Crippen LogP contribution is 2.35. The third-order valence-corrected chi connectivity index (χ3v) is 7.05. The standard InChI is InChI=1S/C19H27NO3S/c1-19(2,3)16-8-6-14(7-9-16)17-5-4-11-20(17)18(21)15-10-12-24(22,23)13-15/h6-9,15,17H,4-5,10-13H2,1-3H3/t15-,17-/m0/s1. The molecular weight excluding hydrogens is 322 g/mol. The van der Waals surface area contributed by atoms with E-state index in [1.807, 2.05) is 4.90 Å². The monoisotopic (exact) mass is 349 g/mol. The summed E-state index contributed by atoms with van der Waals surface area (Å²) in [4.78, 5) is 14.7. The molecule has 132 valence electrons. The summed E-state index contributed by atoms with van der Waals surface area (Å²) in [5, 5.41) is 0. The molecule has 2 fully saturated rings. The third kappa shape index (κ3) is 3.51. The van der Waals surface area contributed by atoms with Crippen LogP contribution in [-0.2, 0) is 20.0 Å². The fraction of sp³-hybridized carbons (Fsp3) is 0.632. The molecule has 2 heterocycles. The minimum Gasteiger partial charge on any atom is -0.335 e. The number of hydrogen-bond acceptors (Lipinski definition) is 3. The Morgan fingerprint density at radius 2 is 1.79 bits per heavy atom. The minimum absolute atomic E-state index is 0.0258. The average Bonchev–Trinajstić information content (AvgIpc) is 3.12. The topological polar surface area (TPSA) is 54.5 Å². The quantitative estimate of drug-likeness (QED) is 0.824. The van der Waals surface area contributed by atoms with Gasteiger partial charge >= 0.3 is 0 Å². The number of nitrogens with zero attached hydrogens (tertiary/aromatic N) is 1. The van der Waals surface area contributed by atoms with E-state index in [9.17, 15) is 13.2 Å². The van der Waals surface area contributed by atoms with Crippen LogP contribution in [0.4, 0.5) is 0 Å². The number of benzene rings is 1. The molecule has 4 nitrogen and oxygen atoms in total. The van der Waals surface area contributed by atoms with Crippen LogP contribution in [0, 0.1) is 5.92 Å². The number of hydrogen-bond donors (Lipinski definition) is 0. The van der Waals surface area contributed by atoms with Crippen LogP contribution in [0.1, 0.15) is 57.2 Å². The van der Waals surface area contributed by atoms with Gasteiger partial charge in [-0.25, -0.2) is 8.42 Å². The lowest BCUT2D eigenvalue weighted by Crippen LogP contribution is -2.36. The molecule has 0 N–H and O–H groups in total. The Balaban J connectivity index is 1.77. The number of rotatable bonds is 2. The zero-order valence-corrected chi connectivity index (χ0v) is 15.6. The van der Waals surface area contributed by atoms with E-state index < -0.39 is 9.84 Å². The summed E-state index contributed by atoms with van der Waals surface area (Å²) in [6, 6.07) is 8.65. The van der Waals surface area contributed by atoms with Crippen molar-refractivity contribution in [2.24, 2.45) is 5.92 Å². The van der Waals surface area contributed by atoms with E-state index >= 15 is 0 Å². The summed E-state index contributed by atoms with van der Waals surface area (Å²) in [6.07, 6.45) is 2.42. The summed E-state index contributed by atoms with van der Waals surface area (Å²) in [5.41, 5.74) is 2.56. The lowest BCUT2D eigenvalue weighted by molar-refractivity contribution is -0.135. The molecular formula is C19H27NO3S. The molecule has 3 rings (SSSR count). The highest BCUT2D eigenvalue weighted by Gasteiger charge is 2.39. The fourth-order valence-corrected chi connectivity index (χ4v) is 5.54. The highest BCUT2D eigenvalue weighted by atomic mass is 32.2. The second-order valence-electron chi connectivity index (χ2n) is 8.16. The Kier molecular flexibility index (Phi) is 4.49. The van der Waals surface area contributed by atoms with Gasteiger partial charge in [0.05, 0.1) is 23.5 Å². The van der Waals surface area contributed by atoms with Crippen LogP contribution in [0.15, 0.2) is 24.3 Å². The van der Waals surface area contributed by atoms with Gasteiger partial charge in [0.15, 0.2) is 9.84 Å². The molecule has 0 unspecified atom stereocenters. The van der Waals surface area contributed by atoms with Gasteiger partial charge in [0.2, 0.25) is 5.91 Å². The highest BCUT2D eigenvalue weighted by molar-refractivity contribution is 7.91. The van der Waals surface area contributed by atoms with Gasteiger partial charge in [-0.1, -0.05) is 45.0 Å². The van der Waals surface area contributed by atoms with Gasteiger partial charge in [-0.2, -0.15) is 0 Å². The Bertz CT molecular complexity index is 716. The Morgan fingerprint density at radius 1 is 1.12 bits per heavy atom. The third-order valence-electron chi connectivity index (χ3n) is 5.28. The van der Waals surface area contributed by atoms with Crippen molar-refractivity contribution in [2.75, 3.05) is 18.1 Å². The van der Waals surface area contributed by atoms with Crippen LogP contribution >= 0.6 is 0 Å². The van der Waals surface area contributed by atoms with Crippen molar-refractivity contribution in [3.05, 3.63) is 35.4 Å². The van der Waals surface area contributed by atoms with E-state index in [2.05, 4.69) is 45.0 Å². The first kappa shape index (κ1) is 17.5. The van der Waals surface area contributed by atoms with Crippen LogP contribution in [-0.4, -0.2) is 37.3 Å². The first-order valence-corrected chi connectivity index (χ1v) is 10.6. The van der Waals surface area contributed by atoms with E-state index in [1.165, 1.54) is 5.56 Å². The van der Waals surface area contributed by atoms with Crippen LogP contribution < -0.4 is 0 Å². The van der Waals surface area contributed by atoms with Crippen molar-refractivity contribution in [1.82, 2.24) is 4.90 Å². The van der Waals surface area contributed by atoms with Gasteiger partial charge in [0.25, 0.3) is 0 Å². The first-order valence-electron chi connectivity index (χ1n) is 8.79. The van der Waals surface area contributed by atoms with Crippen molar-refractivity contribution in [2.45, 2.75) is 51.5 Å². The maximum absolute atomic E-state index is 12.8. The molecule has 1 amide bonds. The molecule has 0 aliphatic carbocycles. The number of carbonyl (C=O) groups is 1. The predicted octanol–water partition coefficient (Wildman–Crippen LogP) is 3.08. The molecule has 5 heteroatoms. The van der Waals surface area contributed by atoms with Crippen LogP contribution in [0.3, 0.4) is 0 Å². The van der Waals surface area contributed by atoms with E-state index in [1.54, 1.807) is 0 Å². The molecule has 2 saturated heterocycles. The van der Waals surface area contributed by atoms with Gasteiger partial charge < -0.3 is 4.90 Å². The van der Waals surface area contributed by atoms with E-state index in [-0.39, 0.29) is 34.8 Å². The van der Waals surface area contributed by atoms with Gasteiger partial charge in [-0.3, -0.25) is 4.79 Å². The lowest BCUT2D eigenvalue weighted by Gasteiger charge is -2.28. The molecule has 1 aromatic rings. The minimum atomic E-state index is -3.02. The summed E-state index contributed by atoms with van der Waals surface area (Å²) in [5.74, 6) is -0.136. The summed E-state index contributed by atoms with van der Waals surface area (Å²) in [6.45, 7) is 7.30. The van der Waals surface area contributed by atoms with Crippen molar-refractivity contribution in [3.63, 3.8) is 0 Å². The zero-order valence-electron chi connectivity index (χ0n) is 14.8. The maximum atomic E-state index is 12.8. The van der Waals surface area contributed by atoms with E-state index in [4.69, 9.17) is 0 Å². The van der Waals surface area contributed by atoms with E-state index in [0.29, 0.717) is 6.42 Å². The van der Waals surface area contributed by atoms with E-state index in [0.717, 1.165) is 24.9 Å². The SMILES string of the molecule is CC(C)(C)c1ccc([C@@H]2CCCN2C(=O)[C@H]2CCS(=O)(=O)C2)cc1. The van der Waals surface area contributed by atoms with Gasteiger partial charge in [-0.15, -0.1) is 0 Å². The molecule has 0 bridgehead atoms. The molecule has 1 aromatic carbocycles. The molecule has 0 aromatic heterocycles. The Labute approximate surface area is 145 Å². The zero-order chi connectivity index (χ0) is 17.5. The molecule has 2 atom stereocenters. The van der Waals surface area contributed by atoms with Gasteiger partial charge in [0, 0.05) is 6.54 Å². The van der Waals surface area contributed by atoms with Crippen LogP contribution in [0.5, 0.6) is 0 Å². The van der Waals surface area contributed by atoms with Gasteiger partial charge in [0.1, 0.15) is 0 Å². The molecule has 2 aliphatic heterocycles. The molecule has 2 aliphatic rings. The van der Waals surface area contributed by atoms with Crippen molar-refractivity contribution in [1.29, 1.82) is 0 Å². The number of likely N-dealkylation sites (tertiary alicyclic amines) is 1.